The van der Waals surface area contributed by atoms with E-state index < -0.39 is 18.1 Å². The Labute approximate surface area is 160 Å². The van der Waals surface area contributed by atoms with Gasteiger partial charge in [-0.1, -0.05) is 19.3 Å². The molecule has 3 N–H and O–H groups in total. The van der Waals surface area contributed by atoms with E-state index in [1.165, 1.54) is 25.0 Å². The number of carboxylic acids is 2. The highest BCUT2D eigenvalue weighted by Gasteiger charge is 2.38. The first kappa shape index (κ1) is 22.2. The van der Waals surface area contributed by atoms with Crippen molar-refractivity contribution < 1.29 is 33.0 Å². The van der Waals surface area contributed by atoms with E-state index in [-0.39, 0.29) is 12.0 Å². The molecule has 0 spiro atoms. The topological polar surface area (TPSA) is 104 Å². The molecule has 0 unspecified atom stereocenters. The summed E-state index contributed by atoms with van der Waals surface area (Å²) in [5, 5.41) is 24.4. The number of carboxylic acid groups (broad SMARTS) is 2. The molecule has 2 fully saturated rings. The molecule has 1 heterocycles. The summed E-state index contributed by atoms with van der Waals surface area (Å²) >= 11 is 0. The zero-order valence-electron chi connectivity index (χ0n) is 15.8. The van der Waals surface area contributed by atoms with Crippen molar-refractivity contribution >= 4 is 11.9 Å². The first-order valence-corrected chi connectivity index (χ1v) is 9.32. The Kier molecular flexibility index (Phi) is 7.08. The van der Waals surface area contributed by atoms with Crippen molar-refractivity contribution in [2.45, 2.75) is 75.5 Å². The van der Waals surface area contributed by atoms with E-state index in [4.69, 9.17) is 9.90 Å². The van der Waals surface area contributed by atoms with E-state index in [1.807, 2.05) is 11.7 Å². The van der Waals surface area contributed by atoms with Crippen molar-refractivity contribution in [3.63, 3.8) is 0 Å². The molecule has 0 atom stereocenters. The predicted octanol–water partition coefficient (Wildman–Crippen LogP) is 3.20. The fourth-order valence-corrected chi connectivity index (χ4v) is 3.60. The van der Waals surface area contributed by atoms with Gasteiger partial charge in [0.15, 0.2) is 0 Å². The Morgan fingerprint density at radius 1 is 1.25 bits per heavy atom. The summed E-state index contributed by atoms with van der Waals surface area (Å²) in [6.07, 6.45) is 3.06. The van der Waals surface area contributed by atoms with E-state index in [0.717, 1.165) is 31.4 Å². The molecule has 2 aliphatic rings. The van der Waals surface area contributed by atoms with Gasteiger partial charge < -0.3 is 15.5 Å². The van der Waals surface area contributed by atoms with Gasteiger partial charge in [-0.15, -0.1) is 0 Å². The van der Waals surface area contributed by atoms with Gasteiger partial charge in [0, 0.05) is 30.7 Å². The van der Waals surface area contributed by atoms with Crippen molar-refractivity contribution in [3.8, 4) is 0 Å². The number of aryl methyl sites for hydroxylation is 1. The highest BCUT2D eigenvalue weighted by atomic mass is 19.4. The van der Waals surface area contributed by atoms with Crippen LogP contribution in [0.25, 0.3) is 0 Å². The molecule has 1 aromatic rings. The van der Waals surface area contributed by atoms with E-state index in [0.29, 0.717) is 12.5 Å². The molecule has 0 aliphatic heterocycles. The highest BCUT2D eigenvalue weighted by molar-refractivity contribution is 5.73. The van der Waals surface area contributed by atoms with Crippen LogP contribution in [0.4, 0.5) is 13.2 Å². The van der Waals surface area contributed by atoms with E-state index in [1.54, 1.807) is 0 Å². The second-order valence-electron chi connectivity index (χ2n) is 7.53. The molecule has 10 heteroatoms. The number of aromatic nitrogens is 2. The Balaban J connectivity index is 0.000000345. The van der Waals surface area contributed by atoms with Crippen molar-refractivity contribution in [2.24, 2.45) is 7.05 Å². The number of nitrogens with zero attached hydrogens (tertiary/aromatic N) is 2. The third-order valence-corrected chi connectivity index (χ3v) is 5.15. The lowest BCUT2D eigenvalue weighted by Crippen LogP contribution is -2.48. The van der Waals surface area contributed by atoms with Gasteiger partial charge in [0.05, 0.1) is 12.1 Å². The lowest BCUT2D eigenvalue weighted by molar-refractivity contribution is -0.192. The summed E-state index contributed by atoms with van der Waals surface area (Å²) < 4.78 is 33.7. The maximum Gasteiger partial charge on any atom is 0.490 e. The largest absolute Gasteiger partial charge is 0.490 e. The lowest BCUT2D eigenvalue weighted by atomic mass is 9.79. The van der Waals surface area contributed by atoms with Crippen molar-refractivity contribution in [1.82, 2.24) is 15.1 Å². The third-order valence-electron chi connectivity index (χ3n) is 5.15. The second-order valence-corrected chi connectivity index (χ2v) is 7.53. The van der Waals surface area contributed by atoms with Gasteiger partial charge in [0.2, 0.25) is 0 Å². The van der Waals surface area contributed by atoms with Crippen molar-refractivity contribution in [3.05, 3.63) is 17.5 Å². The zero-order chi connectivity index (χ0) is 20.9. The van der Waals surface area contributed by atoms with E-state index in [9.17, 15) is 23.1 Å². The molecule has 0 radical (unpaired) electrons. The van der Waals surface area contributed by atoms with Crippen LogP contribution in [0, 0.1) is 0 Å². The Morgan fingerprint density at radius 2 is 1.82 bits per heavy atom. The van der Waals surface area contributed by atoms with Crippen molar-refractivity contribution in [2.75, 3.05) is 0 Å². The van der Waals surface area contributed by atoms with Crippen LogP contribution < -0.4 is 5.32 Å². The molecule has 0 bridgehead atoms. The number of hydrogen-bond acceptors (Lipinski definition) is 4. The smallest absolute Gasteiger partial charge is 0.481 e. The minimum Gasteiger partial charge on any atom is -0.481 e. The zero-order valence-corrected chi connectivity index (χ0v) is 15.8. The summed E-state index contributed by atoms with van der Waals surface area (Å²) in [6.45, 7) is 0.674. The lowest BCUT2D eigenvalue weighted by Gasteiger charge is -2.37. The van der Waals surface area contributed by atoms with Crippen LogP contribution in [0.2, 0.25) is 0 Å². The average Bonchev–Trinajstić information content (AvgIpc) is 3.36. The molecule has 158 valence electrons. The van der Waals surface area contributed by atoms with Crippen LogP contribution >= 0.6 is 0 Å². The fourth-order valence-electron chi connectivity index (χ4n) is 3.60. The quantitative estimate of drug-likeness (QED) is 0.671. The van der Waals surface area contributed by atoms with Gasteiger partial charge in [-0.25, -0.2) is 4.79 Å². The molecular formula is C18H26F3N3O4. The third kappa shape index (κ3) is 6.50. The van der Waals surface area contributed by atoms with Crippen molar-refractivity contribution in [1.29, 1.82) is 0 Å². The number of alkyl halides is 3. The Bertz CT molecular complexity index is 693. The second kappa shape index (κ2) is 8.93. The SMILES string of the molecule is Cn1nc(CNC2(CC(=O)O)CCCCC2)cc1C1CC1.O=C(O)C(F)(F)F. The van der Waals surface area contributed by atoms with Gasteiger partial charge in [0.1, 0.15) is 0 Å². The molecular weight excluding hydrogens is 379 g/mol. The summed E-state index contributed by atoms with van der Waals surface area (Å²) in [5.41, 5.74) is 2.12. The highest BCUT2D eigenvalue weighted by Crippen LogP contribution is 2.40. The fraction of sp³-hybridized carbons (Fsp3) is 0.722. The van der Waals surface area contributed by atoms with E-state index >= 15 is 0 Å². The minimum atomic E-state index is -5.08. The maximum atomic E-state index is 11.2. The molecule has 3 rings (SSSR count). The first-order chi connectivity index (χ1) is 13.0. The van der Waals surface area contributed by atoms with Gasteiger partial charge in [-0.3, -0.25) is 9.48 Å². The average molecular weight is 405 g/mol. The Morgan fingerprint density at radius 3 is 2.29 bits per heavy atom. The maximum absolute atomic E-state index is 11.2. The molecule has 2 saturated carbocycles. The molecule has 28 heavy (non-hydrogen) atoms. The van der Waals surface area contributed by atoms with Crippen LogP contribution in [0.1, 0.15) is 68.7 Å². The summed E-state index contributed by atoms with van der Waals surface area (Å²) in [6, 6.07) is 2.18. The summed E-state index contributed by atoms with van der Waals surface area (Å²) in [5.74, 6) is -2.77. The van der Waals surface area contributed by atoms with E-state index in [2.05, 4.69) is 16.5 Å². The molecule has 2 aliphatic carbocycles. The predicted molar refractivity (Wildman–Crippen MR) is 93.8 cm³/mol. The summed E-state index contributed by atoms with van der Waals surface area (Å²) in [4.78, 5) is 20.1. The first-order valence-electron chi connectivity index (χ1n) is 9.32. The number of hydrogen-bond donors (Lipinski definition) is 3. The molecule has 0 saturated heterocycles. The van der Waals surface area contributed by atoms with Gasteiger partial charge in [0.25, 0.3) is 0 Å². The van der Waals surface area contributed by atoms with Crippen LogP contribution in [-0.4, -0.2) is 43.6 Å². The van der Waals surface area contributed by atoms with Gasteiger partial charge in [-0.2, -0.15) is 18.3 Å². The number of nitrogens with one attached hydrogen (secondary N) is 1. The molecule has 1 aromatic heterocycles. The van der Waals surface area contributed by atoms with Crippen LogP contribution in [0.15, 0.2) is 6.07 Å². The normalized spacial score (nSPS) is 18.9. The monoisotopic (exact) mass is 405 g/mol. The molecule has 0 aromatic carbocycles. The van der Waals surface area contributed by atoms with Gasteiger partial charge >= 0.3 is 18.1 Å². The summed E-state index contributed by atoms with van der Waals surface area (Å²) in [7, 11) is 2.00. The van der Waals surface area contributed by atoms with Crippen LogP contribution in [-0.2, 0) is 23.2 Å². The number of aliphatic carboxylic acids is 2. The van der Waals surface area contributed by atoms with Crippen LogP contribution in [0.3, 0.4) is 0 Å². The Hall–Kier alpha value is -2.10. The minimum absolute atomic E-state index is 0.218. The molecule has 0 amide bonds. The standard InChI is InChI=1S/C16H25N3O2.C2HF3O2/c1-19-14(12-5-6-12)9-13(18-19)11-17-16(10-15(20)21)7-3-2-4-8-16;3-2(4,5)1(6)7/h9,12,17H,2-8,10-11H2,1H3,(H,20,21);(H,6,7). The van der Waals surface area contributed by atoms with Crippen LogP contribution in [0.5, 0.6) is 0 Å². The molecule has 7 nitrogen and oxygen atoms in total. The number of halogens is 3. The number of rotatable bonds is 6. The number of carbonyl (C=O) groups is 2. The van der Waals surface area contributed by atoms with Gasteiger partial charge in [-0.05, 0) is 31.7 Å².